The molecule has 144 valence electrons. The summed E-state index contributed by atoms with van der Waals surface area (Å²) in [7, 11) is 3.14. The van der Waals surface area contributed by atoms with E-state index in [2.05, 4.69) is 10.3 Å². The number of methoxy groups -OCH3 is 2. The lowest BCUT2D eigenvalue weighted by Gasteiger charge is -2.16. The third kappa shape index (κ3) is 4.82. The first-order valence-corrected chi connectivity index (χ1v) is 8.29. The number of rotatable bonds is 5. The molecule has 0 aliphatic carbocycles. The number of carbonyl (C=O) groups is 1. The van der Waals surface area contributed by atoms with E-state index in [1.807, 2.05) is 24.3 Å². The highest BCUT2D eigenvalue weighted by atomic mass is 127. The molecule has 0 aromatic heterocycles. The molecule has 7 nitrogen and oxygen atoms in total. The Labute approximate surface area is 175 Å². The highest BCUT2D eigenvalue weighted by Crippen LogP contribution is 2.29. The SMILES string of the molecule is COc1ccc(OC)c(NC(N)=NCC(=O)N2CCc3ccccc32)c1.I. The van der Waals surface area contributed by atoms with Gasteiger partial charge in [0.05, 0.1) is 19.9 Å². The zero-order chi connectivity index (χ0) is 18.5. The fraction of sp³-hybridized carbons (Fsp3) is 0.263. The Morgan fingerprint density at radius 3 is 2.74 bits per heavy atom. The van der Waals surface area contributed by atoms with Crippen LogP contribution in [0.4, 0.5) is 11.4 Å². The number of carbonyl (C=O) groups excluding carboxylic acids is 1. The van der Waals surface area contributed by atoms with Gasteiger partial charge >= 0.3 is 0 Å². The summed E-state index contributed by atoms with van der Waals surface area (Å²) in [5, 5.41) is 2.95. The highest BCUT2D eigenvalue weighted by molar-refractivity contribution is 14.0. The molecule has 27 heavy (non-hydrogen) atoms. The van der Waals surface area contributed by atoms with E-state index < -0.39 is 0 Å². The largest absolute Gasteiger partial charge is 0.497 e. The molecule has 8 heteroatoms. The molecule has 3 rings (SSSR count). The zero-order valence-corrected chi connectivity index (χ0v) is 17.6. The standard InChI is InChI=1S/C19H22N4O3.HI/c1-25-14-7-8-17(26-2)15(11-14)22-19(20)21-12-18(24)23-10-9-13-5-3-4-6-16(13)23;/h3-8,11H,9-10,12H2,1-2H3,(H3,20,21,22);1H. The Morgan fingerprint density at radius 2 is 2.00 bits per heavy atom. The van der Waals surface area contributed by atoms with Crippen LogP contribution < -0.4 is 25.4 Å². The predicted octanol–water partition coefficient (Wildman–Crippen LogP) is 2.64. The number of nitrogens with two attached hydrogens (primary N) is 1. The molecule has 3 N–H and O–H groups in total. The number of ether oxygens (including phenoxy) is 2. The zero-order valence-electron chi connectivity index (χ0n) is 15.3. The third-order valence-corrected chi connectivity index (χ3v) is 4.24. The summed E-state index contributed by atoms with van der Waals surface area (Å²) in [5.41, 5.74) is 8.68. The van der Waals surface area contributed by atoms with E-state index in [4.69, 9.17) is 15.2 Å². The summed E-state index contributed by atoms with van der Waals surface area (Å²) in [6, 6.07) is 13.2. The number of amides is 1. The Kier molecular flexibility index (Phi) is 7.28. The van der Waals surface area contributed by atoms with Crippen LogP contribution in [0.15, 0.2) is 47.5 Å². The summed E-state index contributed by atoms with van der Waals surface area (Å²) < 4.78 is 10.5. The first-order chi connectivity index (χ1) is 12.6. The topological polar surface area (TPSA) is 89.2 Å². The van der Waals surface area contributed by atoms with E-state index in [1.165, 1.54) is 5.56 Å². The number of halogens is 1. The normalized spacial score (nSPS) is 12.8. The molecule has 0 saturated carbocycles. The number of aliphatic imine (C=N–C) groups is 1. The lowest BCUT2D eigenvalue weighted by Crippen LogP contribution is -2.32. The van der Waals surface area contributed by atoms with Crippen molar-refractivity contribution in [3.05, 3.63) is 48.0 Å². The van der Waals surface area contributed by atoms with Crippen molar-refractivity contribution < 1.29 is 14.3 Å². The van der Waals surface area contributed by atoms with Crippen LogP contribution in [0.25, 0.3) is 0 Å². The van der Waals surface area contributed by atoms with Crippen LogP contribution in [0.1, 0.15) is 5.56 Å². The van der Waals surface area contributed by atoms with Gasteiger partial charge in [-0.05, 0) is 30.2 Å². The van der Waals surface area contributed by atoms with Crippen molar-refractivity contribution in [2.45, 2.75) is 6.42 Å². The van der Waals surface area contributed by atoms with Gasteiger partial charge in [-0.25, -0.2) is 4.99 Å². The van der Waals surface area contributed by atoms with Crippen LogP contribution in [0.3, 0.4) is 0 Å². The lowest BCUT2D eigenvalue weighted by atomic mass is 10.2. The maximum Gasteiger partial charge on any atom is 0.248 e. The fourth-order valence-corrected chi connectivity index (χ4v) is 2.92. The Morgan fingerprint density at radius 1 is 1.22 bits per heavy atom. The van der Waals surface area contributed by atoms with Gasteiger partial charge in [0.15, 0.2) is 5.96 Å². The van der Waals surface area contributed by atoms with Gasteiger partial charge in [-0.15, -0.1) is 24.0 Å². The van der Waals surface area contributed by atoms with E-state index in [-0.39, 0.29) is 42.4 Å². The van der Waals surface area contributed by atoms with Crippen LogP contribution in [0.5, 0.6) is 11.5 Å². The van der Waals surface area contributed by atoms with Gasteiger partial charge in [0.2, 0.25) is 5.91 Å². The van der Waals surface area contributed by atoms with E-state index >= 15 is 0 Å². The van der Waals surface area contributed by atoms with Crippen molar-refractivity contribution in [3.63, 3.8) is 0 Å². The van der Waals surface area contributed by atoms with Crippen molar-refractivity contribution >= 4 is 47.2 Å². The van der Waals surface area contributed by atoms with E-state index in [9.17, 15) is 4.79 Å². The fourth-order valence-electron chi connectivity index (χ4n) is 2.92. The average molecular weight is 482 g/mol. The minimum absolute atomic E-state index is 0. The number of nitrogens with one attached hydrogen (secondary N) is 1. The number of hydrogen-bond acceptors (Lipinski definition) is 4. The molecule has 2 aromatic carbocycles. The maximum absolute atomic E-state index is 12.5. The first kappa shape index (κ1) is 20.8. The summed E-state index contributed by atoms with van der Waals surface area (Å²) in [4.78, 5) is 18.4. The number of para-hydroxylation sites is 1. The molecule has 1 amide bonds. The quantitative estimate of drug-likeness (QED) is 0.389. The Bertz CT molecular complexity index is 841. The second-order valence-electron chi connectivity index (χ2n) is 5.82. The third-order valence-electron chi connectivity index (χ3n) is 4.24. The molecule has 1 heterocycles. The molecular weight excluding hydrogens is 459 g/mol. The number of nitrogens with zero attached hydrogens (tertiary/aromatic N) is 2. The van der Waals surface area contributed by atoms with Crippen LogP contribution in [0, 0.1) is 0 Å². The minimum Gasteiger partial charge on any atom is -0.497 e. The predicted molar refractivity (Wildman–Crippen MR) is 118 cm³/mol. The van der Waals surface area contributed by atoms with Crippen LogP contribution in [0.2, 0.25) is 0 Å². The number of hydrogen-bond donors (Lipinski definition) is 2. The molecule has 0 spiro atoms. The van der Waals surface area contributed by atoms with Gasteiger partial charge in [-0.2, -0.15) is 0 Å². The highest BCUT2D eigenvalue weighted by Gasteiger charge is 2.23. The molecule has 1 aliphatic heterocycles. The summed E-state index contributed by atoms with van der Waals surface area (Å²) in [5.74, 6) is 1.31. The average Bonchev–Trinajstić information content (AvgIpc) is 3.10. The Hall–Kier alpha value is -2.49. The number of guanidine groups is 1. The molecule has 0 atom stereocenters. The molecule has 0 saturated heterocycles. The van der Waals surface area contributed by atoms with Gasteiger partial charge in [0, 0.05) is 18.3 Å². The van der Waals surface area contributed by atoms with Gasteiger partial charge in [-0.1, -0.05) is 18.2 Å². The summed E-state index contributed by atoms with van der Waals surface area (Å²) in [6.45, 7) is 0.643. The molecule has 0 unspecified atom stereocenters. The molecule has 1 aliphatic rings. The minimum atomic E-state index is -0.0858. The van der Waals surface area contributed by atoms with Gasteiger partial charge in [0.25, 0.3) is 0 Å². The van der Waals surface area contributed by atoms with E-state index in [1.54, 1.807) is 37.3 Å². The summed E-state index contributed by atoms with van der Waals surface area (Å²) in [6.07, 6.45) is 0.861. The van der Waals surface area contributed by atoms with Crippen molar-refractivity contribution in [1.29, 1.82) is 0 Å². The first-order valence-electron chi connectivity index (χ1n) is 8.29. The number of fused-ring (bicyclic) bond motifs is 1. The van der Waals surface area contributed by atoms with Crippen LogP contribution in [-0.2, 0) is 11.2 Å². The number of anilines is 2. The lowest BCUT2D eigenvalue weighted by molar-refractivity contribution is -0.117. The second kappa shape index (κ2) is 9.45. The van der Waals surface area contributed by atoms with E-state index in [0.717, 1.165) is 12.1 Å². The Balaban J connectivity index is 0.00000261. The van der Waals surface area contributed by atoms with Gasteiger partial charge in [-0.3, -0.25) is 4.79 Å². The van der Waals surface area contributed by atoms with Crippen molar-refractivity contribution in [3.8, 4) is 11.5 Å². The van der Waals surface area contributed by atoms with Crippen molar-refractivity contribution in [2.24, 2.45) is 10.7 Å². The summed E-state index contributed by atoms with van der Waals surface area (Å²) >= 11 is 0. The smallest absolute Gasteiger partial charge is 0.248 e. The van der Waals surface area contributed by atoms with Crippen molar-refractivity contribution in [2.75, 3.05) is 37.5 Å². The van der Waals surface area contributed by atoms with Gasteiger partial charge < -0.3 is 25.4 Å². The molecule has 0 bridgehead atoms. The second-order valence-corrected chi connectivity index (χ2v) is 5.82. The van der Waals surface area contributed by atoms with Gasteiger partial charge in [0.1, 0.15) is 18.0 Å². The molecule has 0 fully saturated rings. The van der Waals surface area contributed by atoms with Crippen LogP contribution >= 0.6 is 24.0 Å². The van der Waals surface area contributed by atoms with Crippen molar-refractivity contribution in [1.82, 2.24) is 0 Å². The van der Waals surface area contributed by atoms with Crippen LogP contribution in [-0.4, -0.2) is 39.2 Å². The maximum atomic E-state index is 12.5. The molecule has 2 aromatic rings. The molecular formula is C19H23IN4O3. The van der Waals surface area contributed by atoms with E-state index in [0.29, 0.717) is 23.7 Å². The monoisotopic (exact) mass is 482 g/mol. The number of benzene rings is 2. The molecule has 0 radical (unpaired) electrons.